The van der Waals surface area contributed by atoms with Crippen LogP contribution in [0, 0.1) is 5.41 Å². The van der Waals surface area contributed by atoms with E-state index in [0.717, 1.165) is 18.7 Å². The number of methoxy groups -OCH3 is 1. The van der Waals surface area contributed by atoms with Gasteiger partial charge in [0.05, 0.1) is 7.11 Å². The topological polar surface area (TPSA) is 21.3 Å². The van der Waals surface area contributed by atoms with E-state index in [-0.39, 0.29) is 0 Å². The van der Waals surface area contributed by atoms with Crippen molar-refractivity contribution in [3.05, 3.63) is 29.8 Å². The molecule has 0 aliphatic heterocycles. The van der Waals surface area contributed by atoms with E-state index in [1.807, 2.05) is 19.2 Å². The molecule has 0 aliphatic rings. The lowest BCUT2D eigenvalue weighted by atomic mass is 9.83. The Labute approximate surface area is 105 Å². The molecular formula is C15H25NO. The average molecular weight is 235 g/mol. The molecule has 0 aliphatic carbocycles. The maximum Gasteiger partial charge on any atom is 0.118 e. The first kappa shape index (κ1) is 14.0. The second kappa shape index (κ2) is 6.65. The van der Waals surface area contributed by atoms with Crippen LogP contribution in [0.15, 0.2) is 24.3 Å². The van der Waals surface area contributed by atoms with E-state index in [0.29, 0.717) is 5.41 Å². The fourth-order valence-electron chi connectivity index (χ4n) is 1.86. The molecular weight excluding hydrogens is 210 g/mol. The Kier molecular flexibility index (Phi) is 5.49. The van der Waals surface area contributed by atoms with Crippen LogP contribution < -0.4 is 10.1 Å². The summed E-state index contributed by atoms with van der Waals surface area (Å²) in [4.78, 5) is 0. The van der Waals surface area contributed by atoms with E-state index in [2.05, 4.69) is 31.3 Å². The van der Waals surface area contributed by atoms with Gasteiger partial charge in [-0.3, -0.25) is 0 Å². The summed E-state index contributed by atoms with van der Waals surface area (Å²) in [5, 5.41) is 3.22. The number of benzene rings is 1. The predicted octanol–water partition coefficient (Wildman–Crippen LogP) is 3.26. The number of rotatable bonds is 7. The number of hydrogen-bond acceptors (Lipinski definition) is 2. The highest BCUT2D eigenvalue weighted by molar-refractivity contribution is 5.27. The summed E-state index contributed by atoms with van der Waals surface area (Å²) in [5.41, 5.74) is 1.80. The van der Waals surface area contributed by atoms with E-state index in [1.54, 1.807) is 7.11 Å². The number of nitrogens with one attached hydrogen (secondary N) is 1. The Morgan fingerprint density at radius 2 is 1.76 bits per heavy atom. The van der Waals surface area contributed by atoms with Crippen LogP contribution in [0.3, 0.4) is 0 Å². The minimum absolute atomic E-state index is 0.406. The van der Waals surface area contributed by atoms with Gasteiger partial charge < -0.3 is 10.1 Å². The van der Waals surface area contributed by atoms with Gasteiger partial charge in [-0.25, -0.2) is 0 Å². The molecule has 2 heteroatoms. The van der Waals surface area contributed by atoms with Crippen molar-refractivity contribution < 1.29 is 4.74 Å². The van der Waals surface area contributed by atoms with Gasteiger partial charge in [-0.2, -0.15) is 0 Å². The minimum Gasteiger partial charge on any atom is -0.497 e. The monoisotopic (exact) mass is 235 g/mol. The maximum atomic E-state index is 5.16. The normalized spacial score (nSPS) is 11.5. The Hall–Kier alpha value is -1.02. The molecule has 0 saturated heterocycles. The van der Waals surface area contributed by atoms with Crippen LogP contribution in [0.5, 0.6) is 5.75 Å². The molecule has 0 radical (unpaired) electrons. The number of aryl methyl sites for hydroxylation is 1. The van der Waals surface area contributed by atoms with E-state index in [9.17, 15) is 0 Å². The zero-order chi connectivity index (χ0) is 12.7. The van der Waals surface area contributed by atoms with E-state index in [4.69, 9.17) is 4.74 Å². The molecule has 17 heavy (non-hydrogen) atoms. The smallest absolute Gasteiger partial charge is 0.118 e. The molecule has 0 saturated carbocycles. The highest BCUT2D eigenvalue weighted by Crippen LogP contribution is 2.26. The minimum atomic E-state index is 0.406. The Balaban J connectivity index is 2.43. The van der Waals surface area contributed by atoms with Crippen molar-refractivity contribution in [2.75, 3.05) is 20.7 Å². The quantitative estimate of drug-likeness (QED) is 0.783. The fourth-order valence-corrected chi connectivity index (χ4v) is 1.86. The van der Waals surface area contributed by atoms with Crippen LogP contribution in [0.4, 0.5) is 0 Å². The van der Waals surface area contributed by atoms with Crippen molar-refractivity contribution in [2.45, 2.75) is 33.1 Å². The molecule has 1 N–H and O–H groups in total. The molecule has 0 fully saturated rings. The van der Waals surface area contributed by atoms with Crippen molar-refractivity contribution in [1.29, 1.82) is 0 Å². The summed E-state index contributed by atoms with van der Waals surface area (Å²) in [6, 6.07) is 8.39. The SMILES string of the molecule is CNCCC(C)(C)CCc1ccc(OC)cc1. The lowest BCUT2D eigenvalue weighted by Gasteiger charge is -2.24. The van der Waals surface area contributed by atoms with E-state index < -0.39 is 0 Å². The van der Waals surface area contributed by atoms with Crippen molar-refractivity contribution >= 4 is 0 Å². The summed E-state index contributed by atoms with van der Waals surface area (Å²) in [6.07, 6.45) is 3.58. The Morgan fingerprint density at radius 1 is 1.12 bits per heavy atom. The van der Waals surface area contributed by atoms with Crippen molar-refractivity contribution in [3.63, 3.8) is 0 Å². The van der Waals surface area contributed by atoms with Crippen molar-refractivity contribution in [3.8, 4) is 5.75 Å². The maximum absolute atomic E-state index is 5.16. The molecule has 0 spiro atoms. The zero-order valence-corrected chi connectivity index (χ0v) is 11.5. The molecule has 0 atom stereocenters. The largest absolute Gasteiger partial charge is 0.497 e. The molecule has 0 amide bonds. The molecule has 0 aromatic heterocycles. The zero-order valence-electron chi connectivity index (χ0n) is 11.5. The van der Waals surface area contributed by atoms with Crippen LogP contribution >= 0.6 is 0 Å². The van der Waals surface area contributed by atoms with Crippen LogP contribution in [0.2, 0.25) is 0 Å². The second-order valence-electron chi connectivity index (χ2n) is 5.37. The molecule has 1 rings (SSSR count). The fraction of sp³-hybridized carbons (Fsp3) is 0.600. The Morgan fingerprint density at radius 3 is 2.29 bits per heavy atom. The van der Waals surface area contributed by atoms with E-state index in [1.165, 1.54) is 18.4 Å². The lowest BCUT2D eigenvalue weighted by molar-refractivity contribution is 0.305. The van der Waals surface area contributed by atoms with Crippen LogP contribution in [0.25, 0.3) is 0 Å². The summed E-state index contributed by atoms with van der Waals surface area (Å²) in [6.45, 7) is 5.78. The van der Waals surface area contributed by atoms with Gasteiger partial charge in [-0.15, -0.1) is 0 Å². The predicted molar refractivity (Wildman–Crippen MR) is 73.6 cm³/mol. The van der Waals surface area contributed by atoms with Gasteiger partial charge in [0.15, 0.2) is 0 Å². The highest BCUT2D eigenvalue weighted by atomic mass is 16.5. The number of hydrogen-bond donors (Lipinski definition) is 1. The van der Waals surface area contributed by atoms with E-state index >= 15 is 0 Å². The Bertz CT molecular complexity index is 316. The van der Waals surface area contributed by atoms with Gasteiger partial charge in [0.25, 0.3) is 0 Å². The number of ether oxygens (including phenoxy) is 1. The van der Waals surface area contributed by atoms with Crippen molar-refractivity contribution in [1.82, 2.24) is 5.32 Å². The van der Waals surface area contributed by atoms with Gasteiger partial charge >= 0.3 is 0 Å². The molecule has 2 nitrogen and oxygen atoms in total. The van der Waals surface area contributed by atoms with Gasteiger partial charge in [0, 0.05) is 0 Å². The molecule has 0 bridgehead atoms. The summed E-state index contributed by atoms with van der Waals surface area (Å²) < 4.78 is 5.16. The third-order valence-corrected chi connectivity index (χ3v) is 3.30. The third kappa shape index (κ3) is 5.22. The van der Waals surface area contributed by atoms with Crippen LogP contribution in [0.1, 0.15) is 32.3 Å². The van der Waals surface area contributed by atoms with Gasteiger partial charge in [0.2, 0.25) is 0 Å². The molecule has 1 aromatic carbocycles. The molecule has 0 heterocycles. The molecule has 96 valence electrons. The summed E-state index contributed by atoms with van der Waals surface area (Å²) in [5.74, 6) is 0.934. The van der Waals surface area contributed by atoms with Crippen molar-refractivity contribution in [2.24, 2.45) is 5.41 Å². The lowest BCUT2D eigenvalue weighted by Crippen LogP contribution is -2.20. The van der Waals surface area contributed by atoms with Gasteiger partial charge in [-0.1, -0.05) is 26.0 Å². The first-order valence-electron chi connectivity index (χ1n) is 6.35. The first-order chi connectivity index (χ1) is 8.07. The second-order valence-corrected chi connectivity index (χ2v) is 5.37. The van der Waals surface area contributed by atoms with Gasteiger partial charge in [-0.05, 0) is 56.0 Å². The molecule has 1 aromatic rings. The first-order valence-corrected chi connectivity index (χ1v) is 6.35. The van der Waals surface area contributed by atoms with Gasteiger partial charge in [0.1, 0.15) is 5.75 Å². The van der Waals surface area contributed by atoms with Crippen LogP contribution in [-0.2, 0) is 6.42 Å². The molecule has 0 unspecified atom stereocenters. The third-order valence-electron chi connectivity index (χ3n) is 3.30. The summed E-state index contributed by atoms with van der Waals surface area (Å²) >= 11 is 0. The standard InChI is InChI=1S/C15H25NO/c1-15(2,11-12-16-3)10-9-13-5-7-14(17-4)8-6-13/h5-8,16H,9-12H2,1-4H3. The average Bonchev–Trinajstić information content (AvgIpc) is 2.35. The highest BCUT2D eigenvalue weighted by Gasteiger charge is 2.16. The summed E-state index contributed by atoms with van der Waals surface area (Å²) in [7, 11) is 3.72. The van der Waals surface area contributed by atoms with Crippen LogP contribution in [-0.4, -0.2) is 20.7 Å².